The summed E-state index contributed by atoms with van der Waals surface area (Å²) >= 11 is 1.32. The number of aryl methyl sites for hydroxylation is 1. The third kappa shape index (κ3) is 4.92. The lowest BCUT2D eigenvalue weighted by Gasteiger charge is -2.13. The van der Waals surface area contributed by atoms with E-state index in [1.54, 1.807) is 19.1 Å². The van der Waals surface area contributed by atoms with Crippen LogP contribution >= 0.6 is 11.8 Å². The largest absolute Gasteiger partial charge is 0.452 e. The van der Waals surface area contributed by atoms with Gasteiger partial charge >= 0.3 is 5.97 Å². The van der Waals surface area contributed by atoms with Crippen LogP contribution in [0.15, 0.2) is 59.8 Å². The van der Waals surface area contributed by atoms with Gasteiger partial charge in [-0.25, -0.2) is 4.98 Å². The molecule has 1 amide bonds. The van der Waals surface area contributed by atoms with E-state index in [0.29, 0.717) is 5.69 Å². The van der Waals surface area contributed by atoms with Crippen molar-refractivity contribution in [3.8, 4) is 0 Å². The van der Waals surface area contributed by atoms with Crippen molar-refractivity contribution >= 4 is 40.4 Å². The van der Waals surface area contributed by atoms with Crippen LogP contribution in [-0.2, 0) is 20.9 Å². The lowest BCUT2D eigenvalue weighted by Crippen LogP contribution is -2.30. The predicted octanol–water partition coefficient (Wildman–Crippen LogP) is 4.11. The monoisotopic (exact) mass is 397 g/mol. The van der Waals surface area contributed by atoms with Crippen LogP contribution < -0.4 is 5.32 Å². The number of nitrogens with one attached hydrogen (secondary N) is 1. The zero-order valence-corrected chi connectivity index (χ0v) is 16.7. The molecular weight excluding hydrogens is 374 g/mol. The minimum absolute atomic E-state index is 0.0932. The number of anilines is 1. The number of nitrogens with zero attached hydrogens (tertiary/aromatic N) is 2. The Morgan fingerprint density at radius 3 is 2.61 bits per heavy atom. The van der Waals surface area contributed by atoms with Crippen LogP contribution in [0, 0.1) is 0 Å². The molecule has 0 unspecified atom stereocenters. The van der Waals surface area contributed by atoms with Gasteiger partial charge in [0.25, 0.3) is 5.91 Å². The van der Waals surface area contributed by atoms with Crippen LogP contribution in [-0.4, -0.2) is 33.3 Å². The highest BCUT2D eigenvalue weighted by Crippen LogP contribution is 2.24. The Morgan fingerprint density at radius 2 is 1.86 bits per heavy atom. The van der Waals surface area contributed by atoms with E-state index in [9.17, 15) is 9.59 Å². The lowest BCUT2D eigenvalue weighted by atomic mass is 10.3. The molecular formula is C21H23N3O3S. The van der Waals surface area contributed by atoms with Gasteiger partial charge < -0.3 is 14.6 Å². The standard InChI is InChI=1S/C21H23N3O3S/c1-3-13-24-18-12-8-7-11-17(18)23-21(24)28-14-19(25)27-15(2)20(26)22-16-9-5-4-6-10-16/h4-12,15H,3,13-14H2,1-2H3,(H,22,26)/t15-/m0/s1. The average molecular weight is 398 g/mol. The number of aromatic nitrogens is 2. The summed E-state index contributed by atoms with van der Waals surface area (Å²) in [6.45, 7) is 4.49. The van der Waals surface area contributed by atoms with Gasteiger partial charge in [-0.1, -0.05) is 49.0 Å². The van der Waals surface area contributed by atoms with Gasteiger partial charge in [0.2, 0.25) is 0 Å². The van der Waals surface area contributed by atoms with Gasteiger partial charge in [-0.15, -0.1) is 0 Å². The number of para-hydroxylation sites is 3. The summed E-state index contributed by atoms with van der Waals surface area (Å²) in [5.41, 5.74) is 2.62. The van der Waals surface area contributed by atoms with Crippen molar-refractivity contribution in [1.29, 1.82) is 0 Å². The van der Waals surface area contributed by atoms with Gasteiger partial charge in [-0.05, 0) is 37.6 Å². The molecule has 0 saturated heterocycles. The van der Waals surface area contributed by atoms with Gasteiger partial charge in [-0.3, -0.25) is 9.59 Å². The van der Waals surface area contributed by atoms with Crippen LogP contribution in [0.25, 0.3) is 11.0 Å². The van der Waals surface area contributed by atoms with Gasteiger partial charge in [0, 0.05) is 12.2 Å². The van der Waals surface area contributed by atoms with Crippen molar-refractivity contribution < 1.29 is 14.3 Å². The summed E-state index contributed by atoms with van der Waals surface area (Å²) in [6.07, 6.45) is 0.0949. The number of rotatable bonds is 8. The van der Waals surface area contributed by atoms with E-state index in [0.717, 1.165) is 29.2 Å². The van der Waals surface area contributed by atoms with E-state index in [1.807, 2.05) is 42.5 Å². The molecule has 1 atom stereocenters. The second-order valence-corrected chi connectivity index (χ2v) is 7.25. The summed E-state index contributed by atoms with van der Waals surface area (Å²) in [6, 6.07) is 17.0. The fourth-order valence-electron chi connectivity index (χ4n) is 2.78. The quantitative estimate of drug-likeness (QED) is 0.457. The molecule has 3 aromatic rings. The lowest BCUT2D eigenvalue weighted by molar-refractivity contribution is -0.150. The molecule has 0 saturated carbocycles. The summed E-state index contributed by atoms with van der Waals surface area (Å²) in [4.78, 5) is 29.0. The number of carbonyl (C=O) groups is 2. The van der Waals surface area contributed by atoms with E-state index in [1.165, 1.54) is 11.8 Å². The van der Waals surface area contributed by atoms with Crippen LogP contribution in [0.3, 0.4) is 0 Å². The fraction of sp³-hybridized carbons (Fsp3) is 0.286. The molecule has 6 nitrogen and oxygen atoms in total. The molecule has 0 aliphatic heterocycles. The number of ether oxygens (including phenoxy) is 1. The maximum Gasteiger partial charge on any atom is 0.317 e. The molecule has 2 aromatic carbocycles. The summed E-state index contributed by atoms with van der Waals surface area (Å²) < 4.78 is 7.38. The van der Waals surface area contributed by atoms with Crippen LogP contribution in [0.4, 0.5) is 5.69 Å². The minimum atomic E-state index is -0.872. The van der Waals surface area contributed by atoms with Crippen molar-refractivity contribution in [2.45, 2.75) is 38.1 Å². The van der Waals surface area contributed by atoms with Crippen molar-refractivity contribution in [1.82, 2.24) is 9.55 Å². The van der Waals surface area contributed by atoms with Crippen molar-refractivity contribution in [2.75, 3.05) is 11.1 Å². The van der Waals surface area contributed by atoms with Crippen molar-refractivity contribution in [3.05, 3.63) is 54.6 Å². The summed E-state index contributed by atoms with van der Waals surface area (Å²) in [7, 11) is 0. The van der Waals surface area contributed by atoms with Crippen LogP contribution in [0.5, 0.6) is 0 Å². The SMILES string of the molecule is CCCn1c(SCC(=O)O[C@@H](C)C(=O)Nc2ccccc2)nc2ccccc21. The highest BCUT2D eigenvalue weighted by molar-refractivity contribution is 7.99. The Hall–Kier alpha value is -2.80. The average Bonchev–Trinajstić information content (AvgIpc) is 3.05. The number of hydrogen-bond donors (Lipinski definition) is 1. The number of imidazole rings is 1. The molecule has 0 aliphatic carbocycles. The number of hydrogen-bond acceptors (Lipinski definition) is 5. The van der Waals surface area contributed by atoms with Crippen LogP contribution in [0.1, 0.15) is 20.3 Å². The van der Waals surface area contributed by atoms with E-state index >= 15 is 0 Å². The maximum absolute atomic E-state index is 12.2. The van der Waals surface area contributed by atoms with E-state index in [4.69, 9.17) is 4.74 Å². The van der Waals surface area contributed by atoms with Gasteiger partial charge in [-0.2, -0.15) is 0 Å². The summed E-state index contributed by atoms with van der Waals surface area (Å²) in [5, 5.41) is 3.50. The molecule has 0 aliphatic rings. The van der Waals surface area contributed by atoms with Gasteiger partial charge in [0.05, 0.1) is 16.8 Å². The molecule has 28 heavy (non-hydrogen) atoms. The van der Waals surface area contributed by atoms with Crippen molar-refractivity contribution in [2.24, 2.45) is 0 Å². The molecule has 0 bridgehead atoms. The Balaban J connectivity index is 1.57. The van der Waals surface area contributed by atoms with Gasteiger partial charge in [0.1, 0.15) is 0 Å². The first-order chi connectivity index (χ1) is 13.6. The first-order valence-corrected chi connectivity index (χ1v) is 10.2. The third-order valence-electron chi connectivity index (χ3n) is 4.10. The number of benzene rings is 2. The zero-order chi connectivity index (χ0) is 19.9. The van der Waals surface area contributed by atoms with E-state index in [2.05, 4.69) is 21.8 Å². The number of amides is 1. The van der Waals surface area contributed by atoms with Crippen LogP contribution in [0.2, 0.25) is 0 Å². The van der Waals surface area contributed by atoms with Gasteiger partial charge in [0.15, 0.2) is 11.3 Å². The number of thioether (sulfide) groups is 1. The maximum atomic E-state index is 12.2. The Bertz CT molecular complexity index is 956. The first kappa shape index (κ1) is 19.9. The summed E-state index contributed by atoms with van der Waals surface area (Å²) in [5.74, 6) is -0.714. The third-order valence-corrected chi connectivity index (χ3v) is 5.05. The van der Waals surface area contributed by atoms with Crippen molar-refractivity contribution in [3.63, 3.8) is 0 Å². The molecule has 0 radical (unpaired) electrons. The Kier molecular flexibility index (Phi) is 6.71. The first-order valence-electron chi connectivity index (χ1n) is 9.22. The smallest absolute Gasteiger partial charge is 0.317 e. The molecule has 0 spiro atoms. The highest BCUT2D eigenvalue weighted by Gasteiger charge is 2.19. The zero-order valence-electron chi connectivity index (χ0n) is 15.9. The molecule has 7 heteroatoms. The van der Waals surface area contributed by atoms with E-state index in [-0.39, 0.29) is 11.7 Å². The molecule has 146 valence electrons. The normalized spacial score (nSPS) is 11.9. The highest BCUT2D eigenvalue weighted by atomic mass is 32.2. The molecule has 1 N–H and O–H groups in total. The molecule has 3 rings (SSSR count). The van der Waals surface area contributed by atoms with E-state index < -0.39 is 12.1 Å². The Morgan fingerprint density at radius 1 is 1.14 bits per heavy atom. The number of fused-ring (bicyclic) bond motifs is 1. The minimum Gasteiger partial charge on any atom is -0.452 e. The number of esters is 1. The molecule has 1 heterocycles. The molecule has 0 fully saturated rings. The second-order valence-electron chi connectivity index (χ2n) is 6.31. The number of carbonyl (C=O) groups excluding carboxylic acids is 2. The Labute approximate surface area is 168 Å². The second kappa shape index (κ2) is 9.41. The fourth-order valence-corrected chi connectivity index (χ4v) is 3.60. The molecule has 1 aromatic heterocycles. The predicted molar refractivity (Wildman–Crippen MR) is 111 cm³/mol. The topological polar surface area (TPSA) is 73.2 Å².